The number of methoxy groups -OCH3 is 1. The molecule has 0 bridgehead atoms. The molecule has 0 unspecified atom stereocenters. The maximum Gasteiger partial charge on any atom is 0.131 e. The second-order valence-electron chi connectivity index (χ2n) is 2.96. The van der Waals surface area contributed by atoms with Gasteiger partial charge in [0.1, 0.15) is 5.75 Å². The minimum atomic E-state index is 0.756. The zero-order valence-electron chi connectivity index (χ0n) is 7.71. The van der Waals surface area contributed by atoms with Crippen LogP contribution in [-0.4, -0.2) is 7.11 Å². The topological polar surface area (TPSA) is 35.2 Å². The van der Waals surface area contributed by atoms with Crippen molar-refractivity contribution in [2.75, 3.05) is 12.8 Å². The zero-order valence-corrected chi connectivity index (χ0v) is 10.1. The lowest BCUT2D eigenvalue weighted by molar-refractivity contribution is 0.416. The Morgan fingerprint density at radius 2 is 2.36 bits per heavy atom. The molecule has 1 aromatic carbocycles. The molecule has 4 heteroatoms. The molecule has 2 aromatic rings. The number of rotatable bonds is 2. The maximum absolute atomic E-state index is 5.93. The van der Waals surface area contributed by atoms with Crippen molar-refractivity contribution in [3.05, 3.63) is 23.1 Å². The second kappa shape index (κ2) is 3.79. The second-order valence-corrected chi connectivity index (χ2v) is 4.43. The van der Waals surface area contributed by atoms with Gasteiger partial charge in [0, 0.05) is 16.3 Å². The number of fused-ring (bicyclic) bond motifs is 1. The fraction of sp³-hybridized carbons (Fsp3) is 0.200. The summed E-state index contributed by atoms with van der Waals surface area (Å²) in [7, 11) is 1.69. The highest BCUT2D eigenvalue weighted by Gasteiger charge is 2.11. The third kappa shape index (κ3) is 1.38. The number of halogens is 1. The molecule has 0 fully saturated rings. The molecule has 2 rings (SSSR count). The van der Waals surface area contributed by atoms with Gasteiger partial charge in [0.05, 0.1) is 17.5 Å². The quantitative estimate of drug-likeness (QED) is 0.671. The fourth-order valence-corrected chi connectivity index (χ4v) is 2.78. The van der Waals surface area contributed by atoms with Gasteiger partial charge >= 0.3 is 0 Å². The highest BCUT2D eigenvalue weighted by molar-refractivity contribution is 9.08. The average Bonchev–Trinajstić information content (AvgIpc) is 2.66. The van der Waals surface area contributed by atoms with Crippen molar-refractivity contribution in [2.24, 2.45) is 0 Å². The number of hydrogen-bond acceptors (Lipinski definition) is 3. The van der Waals surface area contributed by atoms with Crippen molar-refractivity contribution in [1.82, 2.24) is 0 Å². The standard InChI is InChI=1S/C10H10BrNOS/c1-13-9-6(5-11)4-8(12)10-7(9)2-3-14-10/h2-4H,5,12H2,1H3. The predicted molar refractivity (Wildman–Crippen MR) is 65.4 cm³/mol. The van der Waals surface area contributed by atoms with Crippen molar-refractivity contribution in [2.45, 2.75) is 5.33 Å². The van der Waals surface area contributed by atoms with Gasteiger partial charge in [-0.15, -0.1) is 11.3 Å². The molecule has 0 saturated heterocycles. The Morgan fingerprint density at radius 1 is 1.57 bits per heavy atom. The molecule has 0 aliphatic rings. The van der Waals surface area contributed by atoms with E-state index < -0.39 is 0 Å². The Bertz CT molecular complexity index is 466. The van der Waals surface area contributed by atoms with E-state index in [4.69, 9.17) is 10.5 Å². The average molecular weight is 272 g/mol. The molecule has 2 N–H and O–H groups in total. The van der Waals surface area contributed by atoms with Crippen molar-refractivity contribution in [3.63, 3.8) is 0 Å². The first-order chi connectivity index (χ1) is 6.77. The van der Waals surface area contributed by atoms with Gasteiger partial charge < -0.3 is 10.5 Å². The number of alkyl halides is 1. The highest BCUT2D eigenvalue weighted by atomic mass is 79.9. The number of anilines is 1. The number of nitrogens with two attached hydrogens (primary N) is 1. The van der Waals surface area contributed by atoms with E-state index in [-0.39, 0.29) is 0 Å². The Hall–Kier alpha value is -0.740. The third-order valence-corrected chi connectivity index (χ3v) is 3.71. The van der Waals surface area contributed by atoms with Crippen molar-refractivity contribution >= 4 is 43.0 Å². The van der Waals surface area contributed by atoms with E-state index in [1.165, 1.54) is 0 Å². The van der Waals surface area contributed by atoms with Crippen LogP contribution in [0.3, 0.4) is 0 Å². The van der Waals surface area contributed by atoms with Crippen LogP contribution in [0, 0.1) is 0 Å². The number of hydrogen-bond donors (Lipinski definition) is 1. The molecule has 1 aromatic heterocycles. The summed E-state index contributed by atoms with van der Waals surface area (Å²) in [6.07, 6.45) is 0. The van der Waals surface area contributed by atoms with E-state index in [9.17, 15) is 0 Å². The molecule has 0 saturated carbocycles. The van der Waals surface area contributed by atoms with Gasteiger partial charge in [0.25, 0.3) is 0 Å². The molecule has 0 radical (unpaired) electrons. The van der Waals surface area contributed by atoms with E-state index in [2.05, 4.69) is 15.9 Å². The largest absolute Gasteiger partial charge is 0.496 e. The Labute approximate surface area is 94.8 Å². The van der Waals surface area contributed by atoms with E-state index in [0.717, 1.165) is 32.4 Å². The van der Waals surface area contributed by atoms with Crippen molar-refractivity contribution in [1.29, 1.82) is 0 Å². The predicted octanol–water partition coefficient (Wildman–Crippen LogP) is 3.39. The smallest absolute Gasteiger partial charge is 0.131 e. The Kier molecular flexibility index (Phi) is 2.65. The molecular formula is C10H10BrNOS. The first kappa shape index (κ1) is 9.80. The Morgan fingerprint density at radius 3 is 3.00 bits per heavy atom. The van der Waals surface area contributed by atoms with Gasteiger partial charge in [0.2, 0.25) is 0 Å². The van der Waals surface area contributed by atoms with E-state index >= 15 is 0 Å². The maximum atomic E-state index is 5.93. The number of thiophene rings is 1. The zero-order chi connectivity index (χ0) is 10.1. The monoisotopic (exact) mass is 271 g/mol. The van der Waals surface area contributed by atoms with Crippen LogP contribution in [0.5, 0.6) is 5.75 Å². The normalized spacial score (nSPS) is 10.7. The lowest BCUT2D eigenvalue weighted by Gasteiger charge is -2.09. The molecule has 0 aliphatic carbocycles. The molecular weight excluding hydrogens is 262 g/mol. The van der Waals surface area contributed by atoms with E-state index in [0.29, 0.717) is 0 Å². The summed E-state index contributed by atoms with van der Waals surface area (Å²) in [5.41, 5.74) is 7.85. The van der Waals surface area contributed by atoms with Crippen LogP contribution in [0.1, 0.15) is 5.56 Å². The summed E-state index contributed by atoms with van der Waals surface area (Å²) >= 11 is 5.07. The SMILES string of the molecule is COc1c(CBr)cc(N)c2sccc12. The van der Waals surface area contributed by atoms with Gasteiger partial charge in [0.15, 0.2) is 0 Å². The van der Waals surface area contributed by atoms with Gasteiger partial charge in [-0.3, -0.25) is 0 Å². The molecule has 0 spiro atoms. The van der Waals surface area contributed by atoms with Crippen molar-refractivity contribution < 1.29 is 4.74 Å². The molecule has 14 heavy (non-hydrogen) atoms. The third-order valence-electron chi connectivity index (χ3n) is 2.14. The van der Waals surface area contributed by atoms with Gasteiger partial charge in [-0.05, 0) is 17.5 Å². The number of nitrogen functional groups attached to an aromatic ring is 1. The summed E-state index contributed by atoms with van der Waals surface area (Å²) in [6.45, 7) is 0. The summed E-state index contributed by atoms with van der Waals surface area (Å²) in [6, 6.07) is 4.01. The van der Waals surface area contributed by atoms with E-state index in [1.54, 1.807) is 18.4 Å². The van der Waals surface area contributed by atoms with Crippen LogP contribution in [0.15, 0.2) is 17.5 Å². The molecule has 1 heterocycles. The van der Waals surface area contributed by atoms with Crippen LogP contribution in [0.4, 0.5) is 5.69 Å². The molecule has 2 nitrogen and oxygen atoms in total. The molecule has 0 atom stereocenters. The summed E-state index contributed by atoms with van der Waals surface area (Å²) in [4.78, 5) is 0. The van der Waals surface area contributed by atoms with Gasteiger partial charge in [-0.25, -0.2) is 0 Å². The lowest BCUT2D eigenvalue weighted by atomic mass is 10.1. The van der Waals surface area contributed by atoms with Crippen LogP contribution in [0.25, 0.3) is 10.1 Å². The van der Waals surface area contributed by atoms with E-state index in [1.807, 2.05) is 17.5 Å². The minimum Gasteiger partial charge on any atom is -0.496 e. The van der Waals surface area contributed by atoms with Crippen LogP contribution in [-0.2, 0) is 5.33 Å². The summed E-state index contributed by atoms with van der Waals surface area (Å²) in [5, 5.41) is 3.89. The first-order valence-electron chi connectivity index (χ1n) is 4.16. The molecule has 0 amide bonds. The summed E-state index contributed by atoms with van der Waals surface area (Å²) in [5.74, 6) is 0.923. The molecule has 74 valence electrons. The fourth-order valence-electron chi connectivity index (χ4n) is 1.54. The minimum absolute atomic E-state index is 0.756. The van der Waals surface area contributed by atoms with Crippen LogP contribution in [0.2, 0.25) is 0 Å². The summed E-state index contributed by atoms with van der Waals surface area (Å²) < 4.78 is 6.49. The number of benzene rings is 1. The Balaban J connectivity index is 2.82. The highest BCUT2D eigenvalue weighted by Crippen LogP contribution is 2.38. The first-order valence-corrected chi connectivity index (χ1v) is 6.16. The van der Waals surface area contributed by atoms with Crippen LogP contribution >= 0.6 is 27.3 Å². The van der Waals surface area contributed by atoms with Gasteiger partial charge in [-0.2, -0.15) is 0 Å². The lowest BCUT2D eigenvalue weighted by Crippen LogP contribution is -1.93. The number of ether oxygens (including phenoxy) is 1. The van der Waals surface area contributed by atoms with Gasteiger partial charge in [-0.1, -0.05) is 15.9 Å². The van der Waals surface area contributed by atoms with Crippen LogP contribution < -0.4 is 10.5 Å². The van der Waals surface area contributed by atoms with Crippen molar-refractivity contribution in [3.8, 4) is 5.75 Å². The molecule has 0 aliphatic heterocycles.